The van der Waals surface area contributed by atoms with E-state index < -0.39 is 0 Å². The average molecular weight is 215 g/mol. The van der Waals surface area contributed by atoms with Gasteiger partial charge >= 0.3 is 0 Å². The van der Waals surface area contributed by atoms with Crippen LogP contribution in [0, 0.1) is 12.8 Å². The smallest absolute Gasteiger partial charge is 0.273 e. The van der Waals surface area contributed by atoms with Crippen LogP contribution in [0.15, 0.2) is 22.8 Å². The molecule has 16 heavy (non-hydrogen) atoms. The molecule has 4 heteroatoms. The highest BCUT2D eigenvalue weighted by Crippen LogP contribution is 2.35. The van der Waals surface area contributed by atoms with Gasteiger partial charge in [0.15, 0.2) is 0 Å². The number of amides is 1. The van der Waals surface area contributed by atoms with Crippen LogP contribution in [0.3, 0.4) is 0 Å². The first-order valence-electron chi connectivity index (χ1n) is 5.49. The Morgan fingerprint density at radius 3 is 2.88 bits per heavy atom. The molecule has 0 atom stereocenters. The molecule has 0 spiro atoms. The molecule has 0 bridgehead atoms. The molecule has 2 aliphatic rings. The molecule has 0 unspecified atom stereocenters. The number of aromatic amines is 1. The minimum Gasteiger partial charge on any atom is -0.359 e. The number of nitrogens with zero attached hydrogens (tertiary/aromatic N) is 1. The predicted octanol–water partition coefficient (Wildman–Crippen LogP) is 1.60. The summed E-state index contributed by atoms with van der Waals surface area (Å²) < 4.78 is 0. The van der Waals surface area contributed by atoms with Gasteiger partial charge in [0.2, 0.25) is 0 Å². The Hall–Kier alpha value is -1.84. The maximum atomic E-state index is 11.6. The summed E-state index contributed by atoms with van der Waals surface area (Å²) in [7, 11) is 0. The normalized spacial score (nSPS) is 22.4. The van der Waals surface area contributed by atoms with Crippen molar-refractivity contribution in [2.75, 3.05) is 0 Å². The Bertz CT molecular complexity index is 506. The summed E-state index contributed by atoms with van der Waals surface area (Å²) in [6.07, 6.45) is 4.18. The number of H-pyrrole nitrogens is 1. The van der Waals surface area contributed by atoms with Crippen LogP contribution in [0.5, 0.6) is 0 Å². The lowest BCUT2D eigenvalue weighted by molar-refractivity contribution is -0.116. The van der Waals surface area contributed by atoms with Crippen LogP contribution in [0.25, 0.3) is 6.08 Å². The van der Waals surface area contributed by atoms with Crippen molar-refractivity contribution in [3.63, 3.8) is 0 Å². The molecule has 0 aromatic carbocycles. The number of aromatic nitrogens is 1. The summed E-state index contributed by atoms with van der Waals surface area (Å²) in [4.78, 5) is 14.8. The molecule has 1 fully saturated rings. The van der Waals surface area contributed by atoms with Crippen molar-refractivity contribution in [1.82, 2.24) is 10.4 Å². The molecule has 1 amide bonds. The number of rotatable bonds is 2. The fraction of sp³-hybridized carbons (Fsp3) is 0.333. The lowest BCUT2D eigenvalue weighted by atomic mass is 10.1. The Balaban J connectivity index is 1.94. The zero-order valence-corrected chi connectivity index (χ0v) is 9.08. The summed E-state index contributed by atoms with van der Waals surface area (Å²) in [5.74, 6) is 0.399. The fourth-order valence-corrected chi connectivity index (χ4v) is 1.92. The second-order valence-corrected chi connectivity index (χ2v) is 4.37. The summed E-state index contributed by atoms with van der Waals surface area (Å²) in [5.41, 5.74) is 6.22. The molecule has 1 aromatic heterocycles. The summed E-state index contributed by atoms with van der Waals surface area (Å²) in [6, 6.07) is 3.96. The standard InChI is InChI=1S/C12H13N3O/c1-7-2-5-9(13-7)6-10-11(8-3-4-8)14-15-12(10)16/h2,5-6,8,13H,3-4H2,1H3,(H,15,16)/b10-6+. The lowest BCUT2D eigenvalue weighted by Gasteiger charge is -1.97. The summed E-state index contributed by atoms with van der Waals surface area (Å²) >= 11 is 0. The first-order chi connectivity index (χ1) is 7.74. The largest absolute Gasteiger partial charge is 0.359 e. The fourth-order valence-electron chi connectivity index (χ4n) is 1.92. The third-order valence-corrected chi connectivity index (χ3v) is 2.92. The van der Waals surface area contributed by atoms with Crippen molar-refractivity contribution in [2.45, 2.75) is 19.8 Å². The van der Waals surface area contributed by atoms with Crippen molar-refractivity contribution < 1.29 is 4.79 Å². The molecule has 4 nitrogen and oxygen atoms in total. The number of hydrogen-bond acceptors (Lipinski definition) is 2. The van der Waals surface area contributed by atoms with E-state index >= 15 is 0 Å². The third kappa shape index (κ3) is 1.56. The minimum absolute atomic E-state index is 0.0887. The van der Waals surface area contributed by atoms with Crippen LogP contribution < -0.4 is 5.43 Å². The molecule has 3 rings (SSSR count). The van der Waals surface area contributed by atoms with Gasteiger partial charge in [-0.05, 0) is 38.0 Å². The number of nitrogens with one attached hydrogen (secondary N) is 2. The zero-order valence-electron chi connectivity index (χ0n) is 9.08. The predicted molar refractivity (Wildman–Crippen MR) is 61.8 cm³/mol. The molecule has 1 saturated carbocycles. The van der Waals surface area contributed by atoms with E-state index in [4.69, 9.17) is 0 Å². The van der Waals surface area contributed by atoms with Crippen LogP contribution in [-0.2, 0) is 4.79 Å². The zero-order chi connectivity index (χ0) is 11.1. The van der Waals surface area contributed by atoms with Crippen LogP contribution >= 0.6 is 0 Å². The van der Waals surface area contributed by atoms with E-state index in [0.29, 0.717) is 11.5 Å². The van der Waals surface area contributed by atoms with Gasteiger partial charge in [-0.3, -0.25) is 4.79 Å². The molecule has 2 N–H and O–H groups in total. The van der Waals surface area contributed by atoms with Crippen LogP contribution in [0.2, 0.25) is 0 Å². The number of hydrogen-bond donors (Lipinski definition) is 2. The van der Waals surface area contributed by atoms with Crippen molar-refractivity contribution >= 4 is 17.7 Å². The lowest BCUT2D eigenvalue weighted by Crippen LogP contribution is -2.13. The van der Waals surface area contributed by atoms with Gasteiger partial charge in [0.1, 0.15) is 0 Å². The Morgan fingerprint density at radius 2 is 2.25 bits per heavy atom. The van der Waals surface area contributed by atoms with Crippen molar-refractivity contribution in [3.05, 3.63) is 29.1 Å². The van der Waals surface area contributed by atoms with E-state index in [9.17, 15) is 4.79 Å². The van der Waals surface area contributed by atoms with Gasteiger partial charge in [-0.15, -0.1) is 0 Å². The summed E-state index contributed by atoms with van der Waals surface area (Å²) in [6.45, 7) is 1.99. The molecule has 0 radical (unpaired) electrons. The molecular formula is C12H13N3O. The number of carbonyl (C=O) groups is 1. The van der Waals surface area contributed by atoms with Gasteiger partial charge in [-0.25, -0.2) is 5.43 Å². The van der Waals surface area contributed by atoms with Gasteiger partial charge < -0.3 is 4.98 Å². The van der Waals surface area contributed by atoms with E-state index in [1.54, 1.807) is 0 Å². The van der Waals surface area contributed by atoms with Crippen molar-refractivity contribution in [3.8, 4) is 0 Å². The Morgan fingerprint density at radius 1 is 1.44 bits per heavy atom. The Kier molecular flexibility index (Phi) is 1.96. The summed E-state index contributed by atoms with van der Waals surface area (Å²) in [5, 5.41) is 4.10. The number of hydrazone groups is 1. The first-order valence-corrected chi connectivity index (χ1v) is 5.49. The topological polar surface area (TPSA) is 57.2 Å². The molecule has 82 valence electrons. The van der Waals surface area contributed by atoms with E-state index in [1.165, 1.54) is 0 Å². The van der Waals surface area contributed by atoms with Crippen molar-refractivity contribution in [1.29, 1.82) is 0 Å². The maximum absolute atomic E-state index is 11.6. The van der Waals surface area contributed by atoms with E-state index in [2.05, 4.69) is 15.5 Å². The second kappa shape index (κ2) is 3.33. The maximum Gasteiger partial charge on any atom is 0.273 e. The van der Waals surface area contributed by atoms with Gasteiger partial charge in [0.25, 0.3) is 5.91 Å². The number of carbonyl (C=O) groups excluding carboxylic acids is 1. The molecule has 1 aromatic rings. The van der Waals surface area contributed by atoms with Crippen molar-refractivity contribution in [2.24, 2.45) is 11.0 Å². The van der Waals surface area contributed by atoms with E-state index in [-0.39, 0.29) is 5.91 Å². The van der Waals surface area contributed by atoms with Gasteiger partial charge in [0.05, 0.1) is 11.3 Å². The van der Waals surface area contributed by atoms with E-state index in [0.717, 1.165) is 29.9 Å². The monoisotopic (exact) mass is 215 g/mol. The minimum atomic E-state index is -0.0887. The van der Waals surface area contributed by atoms with Crippen LogP contribution in [0.4, 0.5) is 0 Å². The molecule has 0 saturated heterocycles. The number of aryl methyl sites for hydroxylation is 1. The van der Waals surface area contributed by atoms with Gasteiger partial charge in [-0.2, -0.15) is 5.10 Å². The van der Waals surface area contributed by atoms with Crippen LogP contribution in [0.1, 0.15) is 24.2 Å². The molecule has 1 aliphatic heterocycles. The van der Waals surface area contributed by atoms with Crippen LogP contribution in [-0.4, -0.2) is 16.6 Å². The molecule has 2 heterocycles. The SMILES string of the molecule is Cc1ccc(/C=C2/C(=O)NN=C2C2CC2)[nH]1. The van der Waals surface area contributed by atoms with E-state index in [1.807, 2.05) is 25.1 Å². The first kappa shape index (κ1) is 9.39. The average Bonchev–Trinajstić information content (AvgIpc) is 2.93. The van der Waals surface area contributed by atoms with Gasteiger partial charge in [-0.1, -0.05) is 0 Å². The highest BCUT2D eigenvalue weighted by atomic mass is 16.2. The second-order valence-electron chi connectivity index (χ2n) is 4.37. The molecule has 1 aliphatic carbocycles. The highest BCUT2D eigenvalue weighted by molar-refractivity contribution is 6.28. The Labute approximate surface area is 93.4 Å². The highest BCUT2D eigenvalue weighted by Gasteiger charge is 2.35. The molecular weight excluding hydrogens is 202 g/mol. The van der Waals surface area contributed by atoms with Gasteiger partial charge in [0, 0.05) is 17.3 Å². The third-order valence-electron chi connectivity index (χ3n) is 2.92. The quantitative estimate of drug-likeness (QED) is 0.723.